The molecule has 1 aliphatic rings. The first-order chi connectivity index (χ1) is 5.93. The van der Waals surface area contributed by atoms with E-state index in [-0.39, 0.29) is 28.6 Å². The molecule has 1 unspecified atom stereocenters. The highest BCUT2D eigenvalue weighted by Crippen LogP contribution is 2.38. The van der Waals surface area contributed by atoms with Crippen LogP contribution in [0.3, 0.4) is 0 Å². The third-order valence-corrected chi connectivity index (χ3v) is 2.82. The molecule has 0 aromatic heterocycles. The van der Waals surface area contributed by atoms with Gasteiger partial charge in [-0.15, -0.1) is 0 Å². The first kappa shape index (κ1) is 10.2. The normalized spacial score (nSPS) is 26.3. The van der Waals surface area contributed by atoms with E-state index in [1.807, 2.05) is 13.8 Å². The Kier molecular flexibility index (Phi) is 2.68. The minimum absolute atomic E-state index is 0.0691. The molecule has 0 aromatic rings. The molecule has 4 nitrogen and oxygen atoms in total. The van der Waals surface area contributed by atoms with Crippen LogP contribution in [0.2, 0.25) is 0 Å². The van der Waals surface area contributed by atoms with Crippen molar-refractivity contribution in [3.63, 3.8) is 0 Å². The van der Waals surface area contributed by atoms with Gasteiger partial charge in [0.1, 0.15) is 5.78 Å². The van der Waals surface area contributed by atoms with Gasteiger partial charge in [-0.1, -0.05) is 13.8 Å². The highest BCUT2D eigenvalue weighted by molar-refractivity contribution is 5.88. The molecule has 0 saturated heterocycles. The van der Waals surface area contributed by atoms with Crippen molar-refractivity contribution in [2.24, 2.45) is 11.3 Å². The quantitative estimate of drug-likeness (QED) is 0.496. The zero-order chi connectivity index (χ0) is 10.1. The average Bonchev–Trinajstić information content (AvgIpc) is 2.25. The molecule has 1 saturated carbocycles. The molecule has 0 spiro atoms. The van der Waals surface area contributed by atoms with Gasteiger partial charge >= 0.3 is 0 Å². The van der Waals surface area contributed by atoms with Crippen molar-refractivity contribution in [1.29, 1.82) is 0 Å². The van der Waals surface area contributed by atoms with Crippen LogP contribution in [0.1, 0.15) is 33.1 Å². The third kappa shape index (κ3) is 2.26. The van der Waals surface area contributed by atoms with E-state index in [0.29, 0.717) is 6.42 Å². The van der Waals surface area contributed by atoms with E-state index < -0.39 is 0 Å². The van der Waals surface area contributed by atoms with Crippen LogP contribution < -0.4 is 0 Å². The first-order valence-electron chi connectivity index (χ1n) is 4.59. The molecule has 0 amide bonds. The van der Waals surface area contributed by atoms with Crippen LogP contribution in [0.5, 0.6) is 0 Å². The molecule has 1 rings (SSSR count). The summed E-state index contributed by atoms with van der Waals surface area (Å²) in [5.41, 5.74) is -0.249. The number of hydrogen-bond donors (Lipinski definition) is 0. The van der Waals surface area contributed by atoms with Crippen LogP contribution in [-0.2, 0) is 4.79 Å². The number of Topliss-reactive ketones (excluding diaryl/α,β-unsaturated/α-hetero) is 1. The summed E-state index contributed by atoms with van der Waals surface area (Å²) in [6, 6.07) is 0. The standard InChI is InChI=1S/C9H15NO3/c1-9(2)5-3-7(8(9)11)4-6-10(12)13/h7H,3-6H2,1-2H3. The Morgan fingerprint density at radius 2 is 2.23 bits per heavy atom. The van der Waals surface area contributed by atoms with Crippen LogP contribution in [0.4, 0.5) is 0 Å². The molecule has 0 aliphatic heterocycles. The Morgan fingerprint density at radius 1 is 1.62 bits per heavy atom. The van der Waals surface area contributed by atoms with Gasteiger partial charge in [0.15, 0.2) is 0 Å². The maximum atomic E-state index is 11.6. The molecule has 1 atom stereocenters. The summed E-state index contributed by atoms with van der Waals surface area (Å²) in [7, 11) is 0. The molecule has 4 heteroatoms. The van der Waals surface area contributed by atoms with Crippen LogP contribution in [0.15, 0.2) is 0 Å². The topological polar surface area (TPSA) is 60.2 Å². The fourth-order valence-electron chi connectivity index (χ4n) is 1.88. The minimum Gasteiger partial charge on any atom is -0.299 e. The smallest absolute Gasteiger partial charge is 0.204 e. The third-order valence-electron chi connectivity index (χ3n) is 2.82. The van der Waals surface area contributed by atoms with E-state index in [1.54, 1.807) is 0 Å². The highest BCUT2D eigenvalue weighted by atomic mass is 16.6. The van der Waals surface area contributed by atoms with Crippen molar-refractivity contribution in [3.05, 3.63) is 10.1 Å². The molecule has 1 aliphatic carbocycles. The molecule has 0 N–H and O–H groups in total. The maximum absolute atomic E-state index is 11.6. The minimum atomic E-state index is -0.349. The van der Waals surface area contributed by atoms with Gasteiger partial charge in [0.2, 0.25) is 6.54 Å². The first-order valence-corrected chi connectivity index (χ1v) is 4.59. The van der Waals surface area contributed by atoms with Crippen molar-refractivity contribution in [2.45, 2.75) is 33.1 Å². The molecule has 0 aromatic carbocycles. The maximum Gasteiger partial charge on any atom is 0.204 e. The van der Waals surface area contributed by atoms with Crippen LogP contribution in [-0.4, -0.2) is 17.3 Å². The van der Waals surface area contributed by atoms with Crippen LogP contribution in [0.25, 0.3) is 0 Å². The van der Waals surface area contributed by atoms with Gasteiger partial charge in [-0.3, -0.25) is 14.9 Å². The zero-order valence-electron chi connectivity index (χ0n) is 8.08. The summed E-state index contributed by atoms with van der Waals surface area (Å²) >= 11 is 0. The Morgan fingerprint density at radius 3 is 2.62 bits per heavy atom. The lowest BCUT2D eigenvalue weighted by atomic mass is 9.88. The lowest BCUT2D eigenvalue weighted by molar-refractivity contribution is -0.481. The number of nitrogens with zero attached hydrogens (tertiary/aromatic N) is 1. The molecular formula is C9H15NO3. The predicted octanol–water partition coefficient (Wildman–Crippen LogP) is 1.66. The van der Waals surface area contributed by atoms with Crippen molar-refractivity contribution in [3.8, 4) is 0 Å². The Labute approximate surface area is 77.5 Å². The van der Waals surface area contributed by atoms with Gasteiger partial charge in [0.05, 0.1) is 0 Å². The van der Waals surface area contributed by atoms with E-state index in [9.17, 15) is 14.9 Å². The van der Waals surface area contributed by atoms with Gasteiger partial charge in [0.25, 0.3) is 0 Å². The molecule has 1 fully saturated rings. The van der Waals surface area contributed by atoms with Gasteiger partial charge < -0.3 is 0 Å². The van der Waals surface area contributed by atoms with Gasteiger partial charge in [-0.2, -0.15) is 0 Å². The summed E-state index contributed by atoms with van der Waals surface area (Å²) in [5, 5.41) is 10.1. The summed E-state index contributed by atoms with van der Waals surface area (Å²) < 4.78 is 0. The molecule has 0 heterocycles. The van der Waals surface area contributed by atoms with E-state index in [0.717, 1.165) is 12.8 Å². The SMILES string of the molecule is CC1(C)CCC(CC[N+](=O)[O-])C1=O. The second-order valence-electron chi connectivity index (χ2n) is 4.33. The van der Waals surface area contributed by atoms with Crippen molar-refractivity contribution in [1.82, 2.24) is 0 Å². The van der Waals surface area contributed by atoms with E-state index in [4.69, 9.17) is 0 Å². The second kappa shape index (κ2) is 3.44. The fraction of sp³-hybridized carbons (Fsp3) is 0.889. The Bertz CT molecular complexity index is 235. The summed E-state index contributed by atoms with van der Waals surface area (Å²) in [6.07, 6.45) is 2.10. The van der Waals surface area contributed by atoms with Crippen LogP contribution >= 0.6 is 0 Å². The number of carbonyl (C=O) groups excluding carboxylic acids is 1. The van der Waals surface area contributed by atoms with Crippen LogP contribution in [0, 0.1) is 21.4 Å². The van der Waals surface area contributed by atoms with E-state index in [2.05, 4.69) is 0 Å². The zero-order valence-corrected chi connectivity index (χ0v) is 8.08. The average molecular weight is 185 g/mol. The summed E-state index contributed by atoms with van der Waals surface area (Å²) in [6.45, 7) is 3.76. The van der Waals surface area contributed by atoms with E-state index >= 15 is 0 Å². The highest BCUT2D eigenvalue weighted by Gasteiger charge is 2.40. The molecule has 74 valence electrons. The number of ketones is 1. The lowest BCUT2D eigenvalue weighted by Crippen LogP contribution is -2.23. The lowest BCUT2D eigenvalue weighted by Gasteiger charge is -2.14. The predicted molar refractivity (Wildman–Crippen MR) is 48.0 cm³/mol. The van der Waals surface area contributed by atoms with Crippen molar-refractivity contribution >= 4 is 5.78 Å². The number of hydrogen-bond acceptors (Lipinski definition) is 3. The second-order valence-corrected chi connectivity index (χ2v) is 4.33. The van der Waals surface area contributed by atoms with E-state index in [1.165, 1.54) is 0 Å². The molecular weight excluding hydrogens is 170 g/mol. The number of rotatable bonds is 3. The van der Waals surface area contributed by atoms with Gasteiger partial charge in [-0.25, -0.2) is 0 Å². The fourth-order valence-corrected chi connectivity index (χ4v) is 1.88. The molecule has 13 heavy (non-hydrogen) atoms. The van der Waals surface area contributed by atoms with Crippen molar-refractivity contribution < 1.29 is 9.72 Å². The number of nitro groups is 1. The Hall–Kier alpha value is -0.930. The Balaban J connectivity index is 2.47. The molecule has 0 bridgehead atoms. The number of carbonyl (C=O) groups is 1. The van der Waals surface area contributed by atoms with Gasteiger partial charge in [0, 0.05) is 22.7 Å². The summed E-state index contributed by atoms with van der Waals surface area (Å²) in [4.78, 5) is 21.4. The largest absolute Gasteiger partial charge is 0.299 e. The van der Waals surface area contributed by atoms with Gasteiger partial charge in [-0.05, 0) is 12.8 Å². The summed E-state index contributed by atoms with van der Waals surface area (Å²) in [5.74, 6) is 0.134. The molecule has 0 radical (unpaired) electrons. The van der Waals surface area contributed by atoms with Crippen molar-refractivity contribution in [2.75, 3.05) is 6.54 Å². The monoisotopic (exact) mass is 185 g/mol.